The summed E-state index contributed by atoms with van der Waals surface area (Å²) in [5, 5.41) is 3.92. The summed E-state index contributed by atoms with van der Waals surface area (Å²) in [6, 6.07) is 11.0. The van der Waals surface area contributed by atoms with Gasteiger partial charge in [0.05, 0.1) is 6.04 Å². The molecule has 3 rings (SSSR count). The van der Waals surface area contributed by atoms with Gasteiger partial charge >= 0.3 is 0 Å². The second-order valence-electron chi connectivity index (χ2n) is 5.18. The Morgan fingerprint density at radius 2 is 2.00 bits per heavy atom. The van der Waals surface area contributed by atoms with Crippen LogP contribution in [0.25, 0.3) is 6.08 Å². The second-order valence-corrected chi connectivity index (χ2v) is 8.37. The number of halogens is 1. The SMILES string of the molecule is O=S(=O)(/C=C/c1ccc(Cl)cc1)N1CCC[C@@H]1c1cccs1. The van der Waals surface area contributed by atoms with Crippen molar-refractivity contribution in [3.8, 4) is 0 Å². The zero-order valence-corrected chi connectivity index (χ0v) is 14.2. The largest absolute Gasteiger partial charge is 0.236 e. The highest BCUT2D eigenvalue weighted by molar-refractivity contribution is 7.92. The summed E-state index contributed by atoms with van der Waals surface area (Å²) in [6.45, 7) is 0.579. The first-order valence-electron chi connectivity index (χ1n) is 7.05. The fourth-order valence-corrected chi connectivity index (χ4v) is 5.14. The highest BCUT2D eigenvalue weighted by Gasteiger charge is 2.34. The number of thiophene rings is 1. The van der Waals surface area contributed by atoms with Gasteiger partial charge in [-0.05, 0) is 48.1 Å². The monoisotopic (exact) mass is 353 g/mol. The molecule has 2 heterocycles. The third-order valence-corrected chi connectivity index (χ3v) is 6.50. The Hall–Kier alpha value is -1.14. The smallest absolute Gasteiger partial charge is 0.207 e. The van der Waals surface area contributed by atoms with E-state index in [0.29, 0.717) is 11.6 Å². The van der Waals surface area contributed by atoms with E-state index in [1.807, 2.05) is 17.5 Å². The molecule has 0 N–H and O–H groups in total. The van der Waals surface area contributed by atoms with Gasteiger partial charge in [-0.2, -0.15) is 4.31 Å². The van der Waals surface area contributed by atoms with Gasteiger partial charge in [0.2, 0.25) is 10.0 Å². The summed E-state index contributed by atoms with van der Waals surface area (Å²) in [5.41, 5.74) is 0.819. The highest BCUT2D eigenvalue weighted by atomic mass is 35.5. The number of nitrogens with zero attached hydrogens (tertiary/aromatic N) is 1. The molecule has 1 fully saturated rings. The van der Waals surface area contributed by atoms with Gasteiger partial charge < -0.3 is 0 Å². The molecule has 116 valence electrons. The van der Waals surface area contributed by atoms with Crippen LogP contribution in [0.2, 0.25) is 5.02 Å². The van der Waals surface area contributed by atoms with Gasteiger partial charge in [0.15, 0.2) is 0 Å². The van der Waals surface area contributed by atoms with Crippen molar-refractivity contribution in [2.24, 2.45) is 0 Å². The number of hydrogen-bond acceptors (Lipinski definition) is 3. The van der Waals surface area contributed by atoms with Crippen LogP contribution in [0.15, 0.2) is 47.2 Å². The van der Waals surface area contributed by atoms with Gasteiger partial charge in [-0.1, -0.05) is 29.8 Å². The first-order chi connectivity index (χ1) is 10.6. The first-order valence-corrected chi connectivity index (χ1v) is 9.81. The summed E-state index contributed by atoms with van der Waals surface area (Å²) in [6.07, 6.45) is 3.40. The lowest BCUT2D eigenvalue weighted by molar-refractivity contribution is 0.407. The lowest BCUT2D eigenvalue weighted by Crippen LogP contribution is -2.28. The van der Waals surface area contributed by atoms with Crippen LogP contribution in [0, 0.1) is 0 Å². The molecule has 0 aliphatic carbocycles. The maximum Gasteiger partial charge on any atom is 0.236 e. The van der Waals surface area contributed by atoms with Gasteiger partial charge in [0, 0.05) is 21.9 Å². The molecule has 1 aliphatic heterocycles. The number of rotatable bonds is 4. The van der Waals surface area contributed by atoms with Crippen LogP contribution >= 0.6 is 22.9 Å². The normalized spacial score (nSPS) is 20.0. The highest BCUT2D eigenvalue weighted by Crippen LogP contribution is 2.36. The van der Waals surface area contributed by atoms with E-state index in [2.05, 4.69) is 0 Å². The van der Waals surface area contributed by atoms with Crippen LogP contribution in [0.5, 0.6) is 0 Å². The Morgan fingerprint density at radius 3 is 2.68 bits per heavy atom. The average molecular weight is 354 g/mol. The minimum Gasteiger partial charge on any atom is -0.207 e. The van der Waals surface area contributed by atoms with Crippen molar-refractivity contribution in [3.05, 3.63) is 62.6 Å². The van der Waals surface area contributed by atoms with Crippen LogP contribution in [0.1, 0.15) is 29.3 Å². The zero-order valence-electron chi connectivity index (χ0n) is 11.9. The van der Waals surface area contributed by atoms with E-state index in [9.17, 15) is 8.42 Å². The molecule has 0 bridgehead atoms. The molecule has 2 aromatic rings. The predicted octanol–water partition coefficient (Wildman–Crippen LogP) is 4.54. The molecular weight excluding hydrogens is 338 g/mol. The summed E-state index contributed by atoms with van der Waals surface area (Å²) in [4.78, 5) is 1.11. The van der Waals surface area contributed by atoms with E-state index < -0.39 is 10.0 Å². The molecule has 1 atom stereocenters. The van der Waals surface area contributed by atoms with Crippen LogP contribution in [0.4, 0.5) is 0 Å². The molecule has 0 saturated carbocycles. The Bertz CT molecular complexity index is 752. The first kappa shape index (κ1) is 15.7. The second kappa shape index (κ2) is 6.54. The average Bonchev–Trinajstić information content (AvgIpc) is 3.17. The molecule has 0 unspecified atom stereocenters. The fraction of sp³-hybridized carbons (Fsp3) is 0.250. The predicted molar refractivity (Wildman–Crippen MR) is 92.4 cm³/mol. The van der Waals surface area contributed by atoms with Crippen molar-refractivity contribution in [3.63, 3.8) is 0 Å². The molecule has 0 amide bonds. The van der Waals surface area contributed by atoms with Crippen LogP contribution in [-0.4, -0.2) is 19.3 Å². The molecule has 1 aliphatic rings. The van der Waals surface area contributed by atoms with Gasteiger partial charge in [-0.15, -0.1) is 11.3 Å². The minimum absolute atomic E-state index is 0.0279. The Morgan fingerprint density at radius 1 is 1.23 bits per heavy atom. The fourth-order valence-electron chi connectivity index (χ4n) is 2.63. The van der Waals surface area contributed by atoms with Gasteiger partial charge in [-0.3, -0.25) is 0 Å². The molecule has 3 nitrogen and oxygen atoms in total. The summed E-state index contributed by atoms with van der Waals surface area (Å²) >= 11 is 7.44. The third kappa shape index (κ3) is 3.43. The molecule has 6 heteroatoms. The van der Waals surface area contributed by atoms with E-state index in [-0.39, 0.29) is 6.04 Å². The van der Waals surface area contributed by atoms with E-state index in [1.165, 1.54) is 5.41 Å². The molecule has 0 radical (unpaired) electrons. The summed E-state index contributed by atoms with van der Waals surface area (Å²) < 4.78 is 26.8. The lowest BCUT2D eigenvalue weighted by Gasteiger charge is -2.21. The van der Waals surface area contributed by atoms with Crippen molar-refractivity contribution in [2.45, 2.75) is 18.9 Å². The molecular formula is C16H16ClNO2S2. The van der Waals surface area contributed by atoms with Crippen LogP contribution in [0.3, 0.4) is 0 Å². The Balaban J connectivity index is 1.81. The number of benzene rings is 1. The summed E-state index contributed by atoms with van der Waals surface area (Å²) in [5.74, 6) is 0. The zero-order chi connectivity index (χ0) is 15.6. The molecule has 1 saturated heterocycles. The third-order valence-electron chi connectivity index (χ3n) is 3.70. The van der Waals surface area contributed by atoms with E-state index >= 15 is 0 Å². The van der Waals surface area contributed by atoms with Crippen molar-refractivity contribution in [2.75, 3.05) is 6.54 Å². The Kier molecular flexibility index (Phi) is 4.68. The Labute approximate surface area is 139 Å². The van der Waals surface area contributed by atoms with Crippen LogP contribution in [-0.2, 0) is 10.0 Å². The molecule has 1 aromatic carbocycles. The van der Waals surface area contributed by atoms with Crippen LogP contribution < -0.4 is 0 Å². The van der Waals surface area contributed by atoms with Gasteiger partial charge in [-0.25, -0.2) is 8.42 Å². The van der Waals surface area contributed by atoms with Crippen molar-refractivity contribution in [1.82, 2.24) is 4.31 Å². The maximum absolute atomic E-state index is 12.6. The quantitative estimate of drug-likeness (QED) is 0.809. The van der Waals surface area contributed by atoms with E-state index in [4.69, 9.17) is 11.6 Å². The summed E-state index contributed by atoms with van der Waals surface area (Å²) in [7, 11) is -3.42. The molecule has 22 heavy (non-hydrogen) atoms. The number of hydrogen-bond donors (Lipinski definition) is 0. The standard InChI is InChI=1S/C16H16ClNO2S2/c17-14-7-5-13(6-8-14)9-12-22(19,20)18-10-1-3-15(18)16-4-2-11-21-16/h2,4-9,11-12,15H,1,3,10H2/b12-9+/t15-/m1/s1. The molecule has 0 spiro atoms. The molecule has 1 aromatic heterocycles. The number of sulfonamides is 1. The van der Waals surface area contributed by atoms with Crippen molar-refractivity contribution < 1.29 is 8.42 Å². The van der Waals surface area contributed by atoms with Gasteiger partial charge in [0.25, 0.3) is 0 Å². The van der Waals surface area contributed by atoms with E-state index in [0.717, 1.165) is 23.3 Å². The van der Waals surface area contributed by atoms with Crippen molar-refractivity contribution in [1.29, 1.82) is 0 Å². The van der Waals surface area contributed by atoms with Gasteiger partial charge in [0.1, 0.15) is 0 Å². The van der Waals surface area contributed by atoms with E-state index in [1.54, 1.807) is 46.0 Å². The topological polar surface area (TPSA) is 37.4 Å². The van der Waals surface area contributed by atoms with Crippen molar-refractivity contribution >= 4 is 39.0 Å². The maximum atomic E-state index is 12.6. The minimum atomic E-state index is -3.42. The lowest BCUT2D eigenvalue weighted by atomic mass is 10.2.